The number of amides is 1. The van der Waals surface area contributed by atoms with Crippen molar-refractivity contribution in [2.24, 2.45) is 5.92 Å². The molecule has 1 aliphatic heterocycles. The summed E-state index contributed by atoms with van der Waals surface area (Å²) in [5, 5.41) is 0. The zero-order chi connectivity index (χ0) is 12.1. The Bertz CT molecular complexity index is 288. The summed E-state index contributed by atoms with van der Waals surface area (Å²) in [6.45, 7) is 4.08. The molecule has 3 heteroatoms. The fraction of sp³-hybridized carbons (Fsp3) is 0.786. The molecule has 1 atom stereocenters. The van der Waals surface area contributed by atoms with E-state index in [9.17, 15) is 4.79 Å². The summed E-state index contributed by atoms with van der Waals surface area (Å²) in [6, 6.07) is 0. The van der Waals surface area contributed by atoms with Crippen molar-refractivity contribution in [2.45, 2.75) is 32.1 Å². The summed E-state index contributed by atoms with van der Waals surface area (Å²) in [4.78, 5) is 15.9. The number of carbonyl (C=O) groups is 1. The molecule has 0 spiro atoms. The van der Waals surface area contributed by atoms with E-state index in [-0.39, 0.29) is 0 Å². The van der Waals surface area contributed by atoms with E-state index in [1.54, 1.807) is 0 Å². The van der Waals surface area contributed by atoms with Crippen molar-refractivity contribution in [3.8, 4) is 0 Å². The minimum Gasteiger partial charge on any atom is -0.341 e. The summed E-state index contributed by atoms with van der Waals surface area (Å²) in [5.74, 6) is 1.17. The normalized spacial score (nSPS) is 24.9. The SMILES string of the molecule is CN(CCN1CCCC1=O)CC1CC=CCC1. The van der Waals surface area contributed by atoms with Crippen LogP contribution in [0.4, 0.5) is 0 Å². The van der Waals surface area contributed by atoms with Crippen LogP contribution in [0, 0.1) is 5.92 Å². The molecular formula is C14H24N2O. The molecule has 2 aliphatic rings. The van der Waals surface area contributed by atoms with Gasteiger partial charge in [0.2, 0.25) is 5.91 Å². The Hall–Kier alpha value is -0.830. The van der Waals surface area contributed by atoms with Crippen LogP contribution in [0.5, 0.6) is 0 Å². The van der Waals surface area contributed by atoms with Crippen molar-refractivity contribution < 1.29 is 4.79 Å². The minimum absolute atomic E-state index is 0.346. The molecule has 0 bridgehead atoms. The van der Waals surface area contributed by atoms with Crippen molar-refractivity contribution in [3.63, 3.8) is 0 Å². The largest absolute Gasteiger partial charge is 0.341 e. The van der Waals surface area contributed by atoms with Gasteiger partial charge in [0.15, 0.2) is 0 Å². The van der Waals surface area contributed by atoms with Crippen molar-refractivity contribution in [1.82, 2.24) is 9.80 Å². The Kier molecular flexibility index (Phi) is 4.60. The van der Waals surface area contributed by atoms with Gasteiger partial charge >= 0.3 is 0 Å². The van der Waals surface area contributed by atoms with Crippen LogP contribution in [0.3, 0.4) is 0 Å². The van der Waals surface area contributed by atoms with Crippen LogP contribution >= 0.6 is 0 Å². The topological polar surface area (TPSA) is 23.6 Å². The highest BCUT2D eigenvalue weighted by atomic mass is 16.2. The van der Waals surface area contributed by atoms with Crippen LogP contribution in [0.1, 0.15) is 32.1 Å². The van der Waals surface area contributed by atoms with Gasteiger partial charge in [-0.1, -0.05) is 12.2 Å². The predicted octanol–water partition coefficient (Wildman–Crippen LogP) is 1.90. The van der Waals surface area contributed by atoms with Gasteiger partial charge in [-0.2, -0.15) is 0 Å². The highest BCUT2D eigenvalue weighted by molar-refractivity contribution is 5.78. The van der Waals surface area contributed by atoms with E-state index in [2.05, 4.69) is 24.1 Å². The van der Waals surface area contributed by atoms with E-state index in [0.717, 1.165) is 38.4 Å². The lowest BCUT2D eigenvalue weighted by Crippen LogP contribution is -2.36. The first kappa shape index (κ1) is 12.6. The summed E-state index contributed by atoms with van der Waals surface area (Å²) in [5.41, 5.74) is 0. The lowest BCUT2D eigenvalue weighted by Gasteiger charge is -2.26. The van der Waals surface area contributed by atoms with E-state index in [4.69, 9.17) is 0 Å². The van der Waals surface area contributed by atoms with Gasteiger partial charge in [0.05, 0.1) is 0 Å². The lowest BCUT2D eigenvalue weighted by molar-refractivity contribution is -0.127. The third-order valence-electron chi connectivity index (χ3n) is 3.87. The van der Waals surface area contributed by atoms with E-state index in [1.807, 2.05) is 4.90 Å². The molecule has 0 N–H and O–H groups in total. The van der Waals surface area contributed by atoms with Crippen LogP contribution in [-0.2, 0) is 4.79 Å². The van der Waals surface area contributed by atoms with Gasteiger partial charge in [-0.3, -0.25) is 4.79 Å². The third-order valence-corrected chi connectivity index (χ3v) is 3.87. The minimum atomic E-state index is 0.346. The predicted molar refractivity (Wildman–Crippen MR) is 69.8 cm³/mol. The Morgan fingerprint density at radius 1 is 1.47 bits per heavy atom. The molecular weight excluding hydrogens is 212 g/mol. The van der Waals surface area contributed by atoms with Gasteiger partial charge in [0.25, 0.3) is 0 Å². The van der Waals surface area contributed by atoms with Gasteiger partial charge in [-0.25, -0.2) is 0 Å². The molecule has 3 nitrogen and oxygen atoms in total. The maximum atomic E-state index is 11.5. The quantitative estimate of drug-likeness (QED) is 0.681. The van der Waals surface area contributed by atoms with Gasteiger partial charge in [-0.15, -0.1) is 0 Å². The number of carbonyl (C=O) groups excluding carboxylic acids is 1. The zero-order valence-corrected chi connectivity index (χ0v) is 10.9. The Balaban J connectivity index is 1.64. The average Bonchev–Trinajstić information content (AvgIpc) is 2.74. The molecule has 1 amide bonds. The van der Waals surface area contributed by atoms with E-state index in [0.29, 0.717) is 5.91 Å². The van der Waals surface area contributed by atoms with E-state index < -0.39 is 0 Å². The van der Waals surface area contributed by atoms with Crippen LogP contribution in [0.2, 0.25) is 0 Å². The maximum absolute atomic E-state index is 11.5. The first-order chi connectivity index (χ1) is 8.25. The molecule has 0 radical (unpaired) electrons. The lowest BCUT2D eigenvalue weighted by atomic mass is 9.94. The molecule has 0 aromatic carbocycles. The van der Waals surface area contributed by atoms with E-state index in [1.165, 1.54) is 25.8 Å². The monoisotopic (exact) mass is 236 g/mol. The average molecular weight is 236 g/mol. The number of allylic oxidation sites excluding steroid dienone is 2. The summed E-state index contributed by atoms with van der Waals surface area (Å²) in [6.07, 6.45) is 10.2. The van der Waals surface area contributed by atoms with Crippen LogP contribution in [0.15, 0.2) is 12.2 Å². The van der Waals surface area contributed by atoms with Crippen LogP contribution in [-0.4, -0.2) is 48.9 Å². The second-order valence-electron chi connectivity index (χ2n) is 5.40. The molecule has 0 aromatic heterocycles. The highest BCUT2D eigenvalue weighted by Crippen LogP contribution is 2.18. The van der Waals surface area contributed by atoms with Gasteiger partial charge in [0, 0.05) is 32.6 Å². The smallest absolute Gasteiger partial charge is 0.222 e. The molecule has 17 heavy (non-hydrogen) atoms. The maximum Gasteiger partial charge on any atom is 0.222 e. The Morgan fingerprint density at radius 2 is 2.35 bits per heavy atom. The molecule has 0 aromatic rings. The van der Waals surface area contributed by atoms with Crippen molar-refractivity contribution in [3.05, 3.63) is 12.2 Å². The first-order valence-corrected chi connectivity index (χ1v) is 6.87. The molecule has 2 rings (SSSR count). The molecule has 0 saturated carbocycles. The fourth-order valence-electron chi connectivity index (χ4n) is 2.79. The molecule has 96 valence electrons. The molecule has 1 saturated heterocycles. The van der Waals surface area contributed by atoms with E-state index >= 15 is 0 Å². The number of hydrogen-bond donors (Lipinski definition) is 0. The second kappa shape index (κ2) is 6.20. The number of likely N-dealkylation sites (N-methyl/N-ethyl adjacent to an activating group) is 1. The van der Waals surface area contributed by atoms with Crippen molar-refractivity contribution in [1.29, 1.82) is 0 Å². The van der Waals surface area contributed by atoms with Crippen LogP contribution < -0.4 is 0 Å². The Morgan fingerprint density at radius 3 is 3.00 bits per heavy atom. The standard InChI is InChI=1S/C14H24N2O/c1-15(12-13-6-3-2-4-7-13)10-11-16-9-5-8-14(16)17/h2-3,13H,4-12H2,1H3. The van der Waals surface area contributed by atoms with Gasteiger partial charge < -0.3 is 9.80 Å². The summed E-state index contributed by atoms with van der Waals surface area (Å²) >= 11 is 0. The van der Waals surface area contributed by atoms with Crippen LogP contribution in [0.25, 0.3) is 0 Å². The first-order valence-electron chi connectivity index (χ1n) is 6.87. The Labute approximate surface area is 104 Å². The van der Waals surface area contributed by atoms with Gasteiger partial charge in [-0.05, 0) is 38.6 Å². The molecule has 1 fully saturated rings. The van der Waals surface area contributed by atoms with Crippen molar-refractivity contribution >= 4 is 5.91 Å². The summed E-state index contributed by atoms with van der Waals surface area (Å²) < 4.78 is 0. The fourth-order valence-corrected chi connectivity index (χ4v) is 2.79. The third kappa shape index (κ3) is 3.84. The second-order valence-corrected chi connectivity index (χ2v) is 5.40. The summed E-state index contributed by atoms with van der Waals surface area (Å²) in [7, 11) is 2.18. The number of rotatable bonds is 5. The number of likely N-dealkylation sites (tertiary alicyclic amines) is 1. The zero-order valence-electron chi connectivity index (χ0n) is 10.9. The van der Waals surface area contributed by atoms with Crippen molar-refractivity contribution in [2.75, 3.05) is 33.2 Å². The number of nitrogens with zero attached hydrogens (tertiary/aromatic N) is 2. The van der Waals surface area contributed by atoms with Gasteiger partial charge in [0.1, 0.15) is 0 Å². The number of hydrogen-bond acceptors (Lipinski definition) is 2. The molecule has 1 heterocycles. The molecule has 1 unspecified atom stereocenters. The molecule has 1 aliphatic carbocycles. The highest BCUT2D eigenvalue weighted by Gasteiger charge is 2.20.